The van der Waals surface area contributed by atoms with Gasteiger partial charge in [0.2, 0.25) is 5.91 Å². The van der Waals surface area contributed by atoms with Crippen molar-refractivity contribution in [2.75, 3.05) is 40.4 Å². The van der Waals surface area contributed by atoms with E-state index < -0.39 is 18.1 Å². The number of carboxylic acid groups (broad SMARTS) is 1. The largest absolute Gasteiger partial charge is 0.478 e. The number of rotatable bonds is 7. The molecule has 0 aromatic carbocycles. The van der Waals surface area contributed by atoms with Crippen LogP contribution in [0.2, 0.25) is 0 Å². The zero-order valence-electron chi connectivity index (χ0n) is 17.3. The summed E-state index contributed by atoms with van der Waals surface area (Å²) in [7, 11) is 3.23. The van der Waals surface area contributed by atoms with Crippen LogP contribution >= 0.6 is 0 Å². The Bertz CT molecular complexity index is 638. The summed E-state index contributed by atoms with van der Waals surface area (Å²) in [6, 6.07) is -1.16. The lowest BCUT2D eigenvalue weighted by molar-refractivity contribution is -0.133. The Hall–Kier alpha value is -2.17. The summed E-state index contributed by atoms with van der Waals surface area (Å²) in [6.45, 7) is 3.22. The first-order valence-corrected chi connectivity index (χ1v) is 9.85. The molecule has 4 N–H and O–H groups in total. The predicted molar refractivity (Wildman–Crippen MR) is 105 cm³/mol. The summed E-state index contributed by atoms with van der Waals surface area (Å²) < 4.78 is 10.9. The van der Waals surface area contributed by atoms with E-state index in [1.165, 1.54) is 11.8 Å². The molecule has 2 amide bonds. The molecule has 1 saturated heterocycles. The van der Waals surface area contributed by atoms with Gasteiger partial charge in [-0.1, -0.05) is 6.08 Å². The fraction of sp³-hybridized carbons (Fsp3) is 0.737. The molecule has 4 atom stereocenters. The van der Waals surface area contributed by atoms with Crippen molar-refractivity contribution in [1.82, 2.24) is 15.1 Å². The number of nitrogens with one attached hydrogen (secondary N) is 1. The Labute approximate surface area is 171 Å². The first-order valence-electron chi connectivity index (χ1n) is 9.85. The van der Waals surface area contributed by atoms with Crippen LogP contribution in [-0.2, 0) is 19.1 Å². The molecule has 0 unspecified atom stereocenters. The second-order valence-corrected chi connectivity index (χ2v) is 7.72. The molecule has 0 spiro atoms. The van der Waals surface area contributed by atoms with Crippen LogP contribution in [-0.4, -0.2) is 97.5 Å². The topological polar surface area (TPSA) is 134 Å². The number of amides is 2. The van der Waals surface area contributed by atoms with Crippen molar-refractivity contribution < 1.29 is 29.0 Å². The van der Waals surface area contributed by atoms with Crippen LogP contribution in [0, 0.1) is 0 Å². The van der Waals surface area contributed by atoms with Crippen LogP contribution in [0.25, 0.3) is 0 Å². The van der Waals surface area contributed by atoms with Crippen molar-refractivity contribution in [3.05, 3.63) is 11.6 Å². The molecule has 1 fully saturated rings. The Morgan fingerprint density at radius 1 is 1.34 bits per heavy atom. The number of ether oxygens (including phenoxy) is 2. The fourth-order valence-corrected chi connectivity index (χ4v) is 3.78. The summed E-state index contributed by atoms with van der Waals surface area (Å²) in [4.78, 5) is 38.0. The highest BCUT2D eigenvalue weighted by atomic mass is 16.6. The maximum Gasteiger partial charge on any atom is 0.409 e. The molecule has 29 heavy (non-hydrogen) atoms. The second kappa shape index (κ2) is 10.6. The summed E-state index contributed by atoms with van der Waals surface area (Å²) in [6.07, 6.45) is 3.16. The lowest BCUT2D eigenvalue weighted by Gasteiger charge is -2.44. The minimum atomic E-state index is -0.987. The van der Waals surface area contributed by atoms with Crippen LogP contribution in [0.1, 0.15) is 26.2 Å². The van der Waals surface area contributed by atoms with Crippen LogP contribution in [0.3, 0.4) is 0 Å². The SMILES string of the molecule is CC(=O)N[C@@H]1[C@H](N2CCC[C@H](OCCOC(=O)N(C)C)C2)C=C(C(=O)O)C[C@@H]1N. The molecule has 10 nitrogen and oxygen atoms in total. The Morgan fingerprint density at radius 3 is 2.69 bits per heavy atom. The van der Waals surface area contributed by atoms with E-state index in [9.17, 15) is 19.5 Å². The van der Waals surface area contributed by atoms with Gasteiger partial charge >= 0.3 is 12.1 Å². The highest BCUT2D eigenvalue weighted by Crippen LogP contribution is 2.26. The Balaban J connectivity index is 1.99. The first kappa shape index (κ1) is 23.1. The molecule has 1 heterocycles. The van der Waals surface area contributed by atoms with Crippen LogP contribution in [0.5, 0.6) is 0 Å². The summed E-state index contributed by atoms with van der Waals surface area (Å²) in [5.74, 6) is -1.19. The standard InChI is InChI=1S/C19H32N4O6/c1-12(24)21-17-15(20)9-13(18(25)26)10-16(17)23-6-4-5-14(11-23)28-7-8-29-19(27)22(2)3/h10,14-17H,4-9,11,20H2,1-3H3,(H,21,24)(H,25,26)/t14-,15-,16+,17-/m0/s1. The second-order valence-electron chi connectivity index (χ2n) is 7.72. The third-order valence-corrected chi connectivity index (χ3v) is 5.16. The van der Waals surface area contributed by atoms with Gasteiger partial charge < -0.3 is 30.5 Å². The number of piperidine rings is 1. The number of carbonyl (C=O) groups excluding carboxylic acids is 2. The van der Waals surface area contributed by atoms with Crippen molar-refractivity contribution in [3.8, 4) is 0 Å². The maximum absolute atomic E-state index is 11.7. The molecular formula is C19H32N4O6. The van der Waals surface area contributed by atoms with Gasteiger partial charge in [-0.2, -0.15) is 0 Å². The number of nitrogens with zero attached hydrogens (tertiary/aromatic N) is 2. The summed E-state index contributed by atoms with van der Waals surface area (Å²) >= 11 is 0. The molecule has 0 aromatic heterocycles. The molecule has 0 aromatic rings. The smallest absolute Gasteiger partial charge is 0.409 e. The zero-order valence-corrected chi connectivity index (χ0v) is 17.3. The monoisotopic (exact) mass is 412 g/mol. The molecule has 2 rings (SSSR count). The predicted octanol–water partition coefficient (Wildman–Crippen LogP) is -0.219. The van der Waals surface area contributed by atoms with Gasteiger partial charge in [-0.05, 0) is 25.8 Å². The van der Waals surface area contributed by atoms with E-state index in [2.05, 4.69) is 10.2 Å². The molecule has 0 bridgehead atoms. The van der Waals surface area contributed by atoms with Crippen LogP contribution < -0.4 is 11.1 Å². The van der Waals surface area contributed by atoms with E-state index >= 15 is 0 Å². The first-order chi connectivity index (χ1) is 13.7. The van der Waals surface area contributed by atoms with Crippen molar-refractivity contribution in [2.45, 2.75) is 50.4 Å². The van der Waals surface area contributed by atoms with Gasteiger partial charge in [-0.15, -0.1) is 0 Å². The molecule has 0 radical (unpaired) electrons. The molecule has 1 aliphatic heterocycles. The van der Waals surface area contributed by atoms with Crippen molar-refractivity contribution in [3.63, 3.8) is 0 Å². The quantitative estimate of drug-likeness (QED) is 0.489. The third-order valence-electron chi connectivity index (χ3n) is 5.16. The van der Waals surface area contributed by atoms with E-state index in [1.807, 2.05) is 0 Å². The van der Waals surface area contributed by atoms with E-state index in [0.717, 1.165) is 19.4 Å². The lowest BCUT2D eigenvalue weighted by Crippen LogP contribution is -2.62. The van der Waals surface area contributed by atoms with Gasteiger partial charge in [-0.3, -0.25) is 9.69 Å². The summed E-state index contributed by atoms with van der Waals surface area (Å²) in [5, 5.41) is 12.3. The minimum absolute atomic E-state index is 0.0698. The van der Waals surface area contributed by atoms with Crippen molar-refractivity contribution in [1.29, 1.82) is 0 Å². The molecule has 0 saturated carbocycles. The maximum atomic E-state index is 11.7. The lowest BCUT2D eigenvalue weighted by atomic mass is 9.85. The Morgan fingerprint density at radius 2 is 2.07 bits per heavy atom. The van der Waals surface area contributed by atoms with Gasteiger partial charge in [0.1, 0.15) is 6.61 Å². The normalized spacial score (nSPS) is 27.7. The van der Waals surface area contributed by atoms with E-state index in [1.54, 1.807) is 20.2 Å². The number of carboxylic acids is 1. The third kappa shape index (κ3) is 6.69. The minimum Gasteiger partial charge on any atom is -0.478 e. The summed E-state index contributed by atoms with van der Waals surface area (Å²) in [5.41, 5.74) is 6.48. The number of hydrogen-bond acceptors (Lipinski definition) is 7. The van der Waals surface area contributed by atoms with Crippen molar-refractivity contribution in [2.24, 2.45) is 5.73 Å². The van der Waals surface area contributed by atoms with Gasteiger partial charge in [0.25, 0.3) is 0 Å². The number of nitrogens with two attached hydrogens (primary N) is 1. The van der Waals surface area contributed by atoms with Gasteiger partial charge in [0.15, 0.2) is 0 Å². The van der Waals surface area contributed by atoms with E-state index in [4.69, 9.17) is 15.2 Å². The van der Waals surface area contributed by atoms with E-state index in [-0.39, 0.29) is 49.3 Å². The average molecular weight is 412 g/mol. The fourth-order valence-electron chi connectivity index (χ4n) is 3.78. The van der Waals surface area contributed by atoms with Gasteiger partial charge in [0.05, 0.1) is 24.8 Å². The number of carbonyl (C=O) groups is 3. The van der Waals surface area contributed by atoms with Gasteiger partial charge in [-0.25, -0.2) is 9.59 Å². The number of hydrogen-bond donors (Lipinski definition) is 3. The highest BCUT2D eigenvalue weighted by molar-refractivity contribution is 5.87. The highest BCUT2D eigenvalue weighted by Gasteiger charge is 2.38. The van der Waals surface area contributed by atoms with E-state index in [0.29, 0.717) is 6.54 Å². The Kier molecular flexibility index (Phi) is 8.42. The molecule has 164 valence electrons. The van der Waals surface area contributed by atoms with Crippen molar-refractivity contribution >= 4 is 18.0 Å². The number of aliphatic carboxylic acids is 1. The van der Waals surface area contributed by atoms with Crippen LogP contribution in [0.4, 0.5) is 4.79 Å². The van der Waals surface area contributed by atoms with Gasteiger partial charge in [0, 0.05) is 39.2 Å². The average Bonchev–Trinajstić information content (AvgIpc) is 2.66. The molecule has 10 heteroatoms. The van der Waals surface area contributed by atoms with Crippen LogP contribution in [0.15, 0.2) is 11.6 Å². The molecule has 1 aliphatic carbocycles. The molecular weight excluding hydrogens is 380 g/mol. The zero-order chi connectivity index (χ0) is 21.6. The number of likely N-dealkylation sites (tertiary alicyclic amines) is 1. The molecule has 2 aliphatic rings.